The normalized spacial score (nSPS) is 9.83. The highest BCUT2D eigenvalue weighted by Gasteiger charge is 2.16. The number of aromatic nitrogens is 1. The molecule has 0 aliphatic carbocycles. The van der Waals surface area contributed by atoms with E-state index in [1.165, 1.54) is 17.2 Å². The Morgan fingerprint density at radius 3 is 2.67 bits per heavy atom. The van der Waals surface area contributed by atoms with Crippen LogP contribution in [0.5, 0.6) is 0 Å². The lowest BCUT2D eigenvalue weighted by Gasteiger charge is -2.13. The molecule has 0 aliphatic rings. The van der Waals surface area contributed by atoms with Crippen LogP contribution in [0.15, 0.2) is 34.9 Å². The van der Waals surface area contributed by atoms with E-state index < -0.39 is 0 Å². The van der Waals surface area contributed by atoms with Crippen LogP contribution in [0.25, 0.3) is 0 Å². The van der Waals surface area contributed by atoms with Gasteiger partial charge < -0.3 is 4.42 Å². The molecule has 1 amide bonds. The van der Waals surface area contributed by atoms with Gasteiger partial charge in [0, 0.05) is 19.3 Å². The third-order valence-electron chi connectivity index (χ3n) is 2.49. The third kappa shape index (κ3) is 2.23. The third-order valence-corrected chi connectivity index (χ3v) is 2.49. The molecule has 0 bridgehead atoms. The van der Waals surface area contributed by atoms with Crippen LogP contribution < -0.4 is 4.90 Å². The van der Waals surface area contributed by atoms with Crippen molar-refractivity contribution >= 4 is 11.8 Å². The largest absolute Gasteiger partial charge is 0.445 e. The van der Waals surface area contributed by atoms with Gasteiger partial charge in [0.2, 0.25) is 5.88 Å². The van der Waals surface area contributed by atoms with Crippen LogP contribution in [0.3, 0.4) is 0 Å². The average Bonchev–Trinajstić information content (AvgIpc) is 2.84. The van der Waals surface area contributed by atoms with E-state index in [-0.39, 0.29) is 11.6 Å². The number of rotatable bonds is 2. The Balaban J connectivity index is 2.23. The summed E-state index contributed by atoms with van der Waals surface area (Å²) in [6.07, 6.45) is 1.38. The maximum atomic E-state index is 12.1. The van der Waals surface area contributed by atoms with E-state index in [2.05, 4.69) is 4.98 Å². The van der Waals surface area contributed by atoms with Gasteiger partial charge in [-0.15, -0.1) is 0 Å². The van der Waals surface area contributed by atoms with Gasteiger partial charge in [0.1, 0.15) is 17.5 Å². The van der Waals surface area contributed by atoms with E-state index in [0.29, 0.717) is 11.4 Å². The Morgan fingerprint density at radius 1 is 1.39 bits per heavy atom. The summed E-state index contributed by atoms with van der Waals surface area (Å²) in [7, 11) is 1.62. The Hall–Kier alpha value is -2.61. The van der Waals surface area contributed by atoms with Gasteiger partial charge in [-0.05, 0) is 25.1 Å². The first-order valence-electron chi connectivity index (χ1n) is 5.32. The minimum absolute atomic E-state index is 0.235. The maximum absolute atomic E-state index is 12.1. The van der Waals surface area contributed by atoms with E-state index in [9.17, 15) is 4.79 Å². The molecule has 0 unspecified atom stereocenters. The summed E-state index contributed by atoms with van der Waals surface area (Å²) in [6.45, 7) is 1.81. The van der Waals surface area contributed by atoms with Crippen molar-refractivity contribution in [1.29, 1.82) is 5.26 Å². The van der Waals surface area contributed by atoms with Gasteiger partial charge in [-0.1, -0.05) is 0 Å². The molecule has 18 heavy (non-hydrogen) atoms. The summed E-state index contributed by atoms with van der Waals surface area (Å²) in [4.78, 5) is 17.4. The number of aryl methyl sites for hydroxylation is 1. The van der Waals surface area contributed by atoms with Crippen molar-refractivity contribution in [2.24, 2.45) is 0 Å². The Bertz CT molecular complexity index is 608. The number of nitriles is 1. The number of anilines is 1. The maximum Gasteiger partial charge on any atom is 0.261 e. The van der Waals surface area contributed by atoms with Gasteiger partial charge in [-0.25, -0.2) is 4.98 Å². The summed E-state index contributed by atoms with van der Waals surface area (Å²) in [5.74, 6) is 0.978. The molecule has 2 rings (SSSR count). The van der Waals surface area contributed by atoms with Crippen LogP contribution in [0, 0.1) is 18.3 Å². The van der Waals surface area contributed by atoms with Crippen LogP contribution in [0.4, 0.5) is 5.88 Å². The highest BCUT2D eigenvalue weighted by Crippen LogP contribution is 2.18. The number of carbonyl (C=O) groups excluding carboxylic acids is 1. The van der Waals surface area contributed by atoms with Crippen LogP contribution in [-0.4, -0.2) is 17.9 Å². The molecule has 2 heterocycles. The first-order valence-corrected chi connectivity index (χ1v) is 5.32. The highest BCUT2D eigenvalue weighted by atomic mass is 16.4. The van der Waals surface area contributed by atoms with Crippen molar-refractivity contribution in [3.05, 3.63) is 47.5 Å². The number of nitrogens with zero attached hydrogens (tertiary/aromatic N) is 3. The van der Waals surface area contributed by atoms with Gasteiger partial charge >= 0.3 is 0 Å². The standard InChI is InChI=1S/C13H11N3O2/c1-9-3-6-12(18-9)16(2)13(17)10-4-5-11(7-14)15-8-10/h3-6,8H,1-2H3. The molecule has 0 atom stereocenters. The van der Waals surface area contributed by atoms with Gasteiger partial charge in [0.15, 0.2) is 0 Å². The summed E-state index contributed by atoms with van der Waals surface area (Å²) in [5.41, 5.74) is 0.689. The zero-order valence-corrected chi connectivity index (χ0v) is 10.0. The predicted molar refractivity (Wildman–Crippen MR) is 65.1 cm³/mol. The molecule has 2 aromatic rings. The number of furan rings is 1. The van der Waals surface area contributed by atoms with Gasteiger partial charge in [0.25, 0.3) is 5.91 Å². The van der Waals surface area contributed by atoms with Crippen LogP contribution in [-0.2, 0) is 0 Å². The number of hydrogen-bond acceptors (Lipinski definition) is 4. The SMILES string of the molecule is Cc1ccc(N(C)C(=O)c2ccc(C#N)nc2)o1. The molecule has 0 saturated carbocycles. The fourth-order valence-corrected chi connectivity index (χ4v) is 1.48. The van der Waals surface area contributed by atoms with Crippen LogP contribution in [0.1, 0.15) is 21.8 Å². The average molecular weight is 241 g/mol. The lowest BCUT2D eigenvalue weighted by molar-refractivity contribution is 0.0988. The topological polar surface area (TPSA) is 70.1 Å². The molecular formula is C13H11N3O2. The molecule has 90 valence electrons. The van der Waals surface area contributed by atoms with Gasteiger partial charge in [0.05, 0.1) is 5.56 Å². The van der Waals surface area contributed by atoms with Crippen molar-refractivity contribution in [3.8, 4) is 6.07 Å². The highest BCUT2D eigenvalue weighted by molar-refractivity contribution is 6.04. The molecule has 2 aromatic heterocycles. The van der Waals surface area contributed by atoms with E-state index in [1.54, 1.807) is 25.2 Å². The quantitative estimate of drug-likeness (QED) is 0.807. The molecule has 5 heteroatoms. The van der Waals surface area contributed by atoms with Crippen molar-refractivity contribution < 1.29 is 9.21 Å². The lowest BCUT2D eigenvalue weighted by Crippen LogP contribution is -2.25. The zero-order chi connectivity index (χ0) is 13.1. The minimum atomic E-state index is -0.235. The van der Waals surface area contributed by atoms with Crippen molar-refractivity contribution in [3.63, 3.8) is 0 Å². The molecule has 0 aliphatic heterocycles. The van der Waals surface area contributed by atoms with Crippen LogP contribution in [0.2, 0.25) is 0 Å². The summed E-state index contributed by atoms with van der Waals surface area (Å²) in [6, 6.07) is 8.50. The van der Waals surface area contributed by atoms with E-state index in [4.69, 9.17) is 9.68 Å². The second-order valence-corrected chi connectivity index (χ2v) is 3.79. The molecule has 5 nitrogen and oxygen atoms in total. The fourth-order valence-electron chi connectivity index (χ4n) is 1.48. The molecular weight excluding hydrogens is 230 g/mol. The summed E-state index contributed by atoms with van der Waals surface area (Å²) < 4.78 is 5.37. The van der Waals surface area contributed by atoms with E-state index in [1.807, 2.05) is 13.0 Å². The number of pyridine rings is 1. The van der Waals surface area contributed by atoms with Crippen LogP contribution >= 0.6 is 0 Å². The fraction of sp³-hybridized carbons (Fsp3) is 0.154. The first-order chi connectivity index (χ1) is 8.61. The summed E-state index contributed by atoms with van der Waals surface area (Å²) in [5, 5.41) is 8.63. The Labute approximate surface area is 104 Å². The minimum Gasteiger partial charge on any atom is -0.445 e. The first kappa shape index (κ1) is 11.9. The Morgan fingerprint density at radius 2 is 2.17 bits per heavy atom. The number of carbonyl (C=O) groups is 1. The summed E-state index contributed by atoms with van der Waals surface area (Å²) >= 11 is 0. The smallest absolute Gasteiger partial charge is 0.261 e. The lowest BCUT2D eigenvalue weighted by atomic mass is 10.2. The molecule has 0 N–H and O–H groups in total. The van der Waals surface area contributed by atoms with Crippen molar-refractivity contribution in [2.75, 3.05) is 11.9 Å². The van der Waals surface area contributed by atoms with Gasteiger partial charge in [-0.2, -0.15) is 5.26 Å². The van der Waals surface area contributed by atoms with E-state index >= 15 is 0 Å². The molecule has 0 saturated heterocycles. The predicted octanol–water partition coefficient (Wildman–Crippen LogP) is 2.13. The molecule has 0 fully saturated rings. The van der Waals surface area contributed by atoms with Crippen molar-refractivity contribution in [1.82, 2.24) is 4.98 Å². The molecule has 0 radical (unpaired) electrons. The number of amides is 1. The van der Waals surface area contributed by atoms with Crippen molar-refractivity contribution in [2.45, 2.75) is 6.92 Å². The number of hydrogen-bond donors (Lipinski definition) is 0. The second kappa shape index (κ2) is 4.72. The molecule has 0 spiro atoms. The zero-order valence-electron chi connectivity index (χ0n) is 10.0. The Kier molecular flexibility index (Phi) is 3.11. The second-order valence-electron chi connectivity index (χ2n) is 3.79. The molecule has 0 aromatic carbocycles. The van der Waals surface area contributed by atoms with E-state index in [0.717, 1.165) is 5.76 Å². The monoisotopic (exact) mass is 241 g/mol. The van der Waals surface area contributed by atoms with Gasteiger partial charge in [-0.3, -0.25) is 9.69 Å².